The van der Waals surface area contributed by atoms with Crippen LogP contribution in [0.5, 0.6) is 0 Å². The van der Waals surface area contributed by atoms with E-state index in [-0.39, 0.29) is 17.2 Å². The van der Waals surface area contributed by atoms with Gasteiger partial charge in [-0.1, -0.05) is 12.1 Å². The maximum atomic E-state index is 13.5. The van der Waals surface area contributed by atoms with E-state index in [9.17, 15) is 14.0 Å². The van der Waals surface area contributed by atoms with E-state index in [1.54, 1.807) is 6.07 Å². The summed E-state index contributed by atoms with van der Waals surface area (Å²) >= 11 is 0. The molecule has 0 unspecified atom stereocenters. The lowest BCUT2D eigenvalue weighted by molar-refractivity contribution is 0.0660. The number of carbonyl (C=O) groups is 2. The number of hydrogen-bond acceptors (Lipinski definition) is 3. The number of para-hydroxylation sites is 1. The molecule has 1 aromatic carbocycles. The standard InChI is InChI=1S/C13H10FNO4/c1-15(9-5-3-2-4-8(9)14)12(16)10-6-7-11(19-10)13(17)18/h2-7H,1H3,(H,17,18). The molecule has 1 aromatic heterocycles. The van der Waals surface area contributed by atoms with Crippen LogP contribution in [0.2, 0.25) is 0 Å². The Balaban J connectivity index is 2.28. The van der Waals surface area contributed by atoms with Gasteiger partial charge in [-0.05, 0) is 24.3 Å². The molecule has 0 aliphatic heterocycles. The first-order valence-corrected chi connectivity index (χ1v) is 5.36. The fraction of sp³-hybridized carbons (Fsp3) is 0.0769. The molecule has 0 spiro atoms. The number of carboxylic acids is 1. The highest BCUT2D eigenvalue weighted by molar-refractivity contribution is 6.04. The molecule has 1 amide bonds. The Kier molecular flexibility index (Phi) is 3.33. The number of aromatic carboxylic acids is 1. The molecule has 0 atom stereocenters. The Hall–Kier alpha value is -2.63. The number of hydrogen-bond donors (Lipinski definition) is 1. The zero-order valence-electron chi connectivity index (χ0n) is 9.96. The number of benzene rings is 1. The fourth-order valence-electron chi connectivity index (χ4n) is 1.57. The van der Waals surface area contributed by atoms with Crippen molar-refractivity contribution in [3.63, 3.8) is 0 Å². The van der Waals surface area contributed by atoms with E-state index in [1.807, 2.05) is 0 Å². The van der Waals surface area contributed by atoms with Crippen LogP contribution in [-0.2, 0) is 0 Å². The van der Waals surface area contributed by atoms with Crippen molar-refractivity contribution in [3.8, 4) is 0 Å². The number of carboxylic acid groups (broad SMARTS) is 1. The number of anilines is 1. The summed E-state index contributed by atoms with van der Waals surface area (Å²) in [6.45, 7) is 0. The van der Waals surface area contributed by atoms with Crippen LogP contribution in [0.4, 0.5) is 10.1 Å². The van der Waals surface area contributed by atoms with Crippen LogP contribution in [0, 0.1) is 5.82 Å². The number of halogens is 1. The SMILES string of the molecule is CN(C(=O)c1ccc(C(=O)O)o1)c1ccccc1F. The van der Waals surface area contributed by atoms with Gasteiger partial charge in [0.15, 0.2) is 5.76 Å². The van der Waals surface area contributed by atoms with Crippen LogP contribution in [0.25, 0.3) is 0 Å². The molecule has 2 aromatic rings. The third-order valence-corrected chi connectivity index (χ3v) is 2.55. The molecule has 98 valence electrons. The topological polar surface area (TPSA) is 70.8 Å². The van der Waals surface area contributed by atoms with Gasteiger partial charge in [0.2, 0.25) is 5.76 Å². The van der Waals surface area contributed by atoms with Gasteiger partial charge in [-0.25, -0.2) is 9.18 Å². The maximum Gasteiger partial charge on any atom is 0.371 e. The molecule has 0 saturated heterocycles. The molecule has 19 heavy (non-hydrogen) atoms. The third kappa shape index (κ3) is 2.47. The first-order valence-electron chi connectivity index (χ1n) is 5.36. The molecule has 1 heterocycles. The molecule has 5 nitrogen and oxygen atoms in total. The predicted molar refractivity (Wildman–Crippen MR) is 64.8 cm³/mol. The number of rotatable bonds is 3. The molecule has 0 aliphatic rings. The van der Waals surface area contributed by atoms with Gasteiger partial charge in [-0.2, -0.15) is 0 Å². The van der Waals surface area contributed by atoms with E-state index >= 15 is 0 Å². The second-order valence-electron chi connectivity index (χ2n) is 3.78. The average molecular weight is 263 g/mol. The van der Waals surface area contributed by atoms with E-state index in [4.69, 9.17) is 9.52 Å². The van der Waals surface area contributed by atoms with Crippen molar-refractivity contribution in [2.24, 2.45) is 0 Å². The van der Waals surface area contributed by atoms with Gasteiger partial charge in [0, 0.05) is 7.05 Å². The number of nitrogens with zero attached hydrogens (tertiary/aromatic N) is 1. The van der Waals surface area contributed by atoms with Crippen LogP contribution in [0.3, 0.4) is 0 Å². The fourth-order valence-corrected chi connectivity index (χ4v) is 1.57. The molecular formula is C13H10FNO4. The summed E-state index contributed by atoms with van der Waals surface area (Å²) in [7, 11) is 1.38. The number of carbonyl (C=O) groups excluding carboxylic acids is 1. The molecule has 1 N–H and O–H groups in total. The lowest BCUT2D eigenvalue weighted by Gasteiger charge is -2.16. The van der Waals surface area contributed by atoms with Crippen LogP contribution in [-0.4, -0.2) is 24.0 Å². The predicted octanol–water partition coefficient (Wildman–Crippen LogP) is 2.39. The van der Waals surface area contributed by atoms with Gasteiger partial charge in [-0.15, -0.1) is 0 Å². The number of amides is 1. The Morgan fingerprint density at radius 3 is 2.37 bits per heavy atom. The van der Waals surface area contributed by atoms with Crippen LogP contribution in [0.15, 0.2) is 40.8 Å². The molecule has 0 fully saturated rings. The highest BCUT2D eigenvalue weighted by atomic mass is 19.1. The van der Waals surface area contributed by atoms with Gasteiger partial charge in [0.1, 0.15) is 5.82 Å². The van der Waals surface area contributed by atoms with Crippen molar-refractivity contribution < 1.29 is 23.5 Å². The summed E-state index contributed by atoms with van der Waals surface area (Å²) in [5.41, 5.74) is 0.0841. The van der Waals surface area contributed by atoms with E-state index in [0.717, 1.165) is 4.90 Å². The summed E-state index contributed by atoms with van der Waals surface area (Å²) in [5.74, 6) is -2.96. The van der Waals surface area contributed by atoms with Crippen molar-refractivity contribution in [1.29, 1.82) is 0 Å². The van der Waals surface area contributed by atoms with Crippen molar-refractivity contribution >= 4 is 17.6 Å². The second-order valence-corrected chi connectivity index (χ2v) is 3.78. The Labute approximate surface area is 107 Å². The zero-order valence-corrected chi connectivity index (χ0v) is 9.96. The maximum absolute atomic E-state index is 13.5. The van der Waals surface area contributed by atoms with Crippen molar-refractivity contribution in [3.05, 3.63) is 53.7 Å². The van der Waals surface area contributed by atoms with Crippen molar-refractivity contribution in [2.75, 3.05) is 11.9 Å². The van der Waals surface area contributed by atoms with Gasteiger partial charge < -0.3 is 14.4 Å². The largest absolute Gasteiger partial charge is 0.475 e. The molecule has 6 heteroatoms. The molecule has 0 radical (unpaired) electrons. The van der Waals surface area contributed by atoms with Crippen molar-refractivity contribution in [1.82, 2.24) is 0 Å². The van der Waals surface area contributed by atoms with Gasteiger partial charge in [-0.3, -0.25) is 4.79 Å². The third-order valence-electron chi connectivity index (χ3n) is 2.55. The molecular weight excluding hydrogens is 253 g/mol. The number of furan rings is 1. The molecule has 0 saturated carbocycles. The first-order chi connectivity index (χ1) is 9.00. The summed E-state index contributed by atoms with van der Waals surface area (Å²) in [6, 6.07) is 8.17. The van der Waals surface area contributed by atoms with E-state index in [2.05, 4.69) is 0 Å². The average Bonchev–Trinajstić information content (AvgIpc) is 2.87. The molecule has 0 bridgehead atoms. The monoisotopic (exact) mass is 263 g/mol. The van der Waals surface area contributed by atoms with Crippen molar-refractivity contribution in [2.45, 2.75) is 0 Å². The van der Waals surface area contributed by atoms with E-state index in [0.29, 0.717) is 0 Å². The normalized spacial score (nSPS) is 10.2. The van der Waals surface area contributed by atoms with E-state index in [1.165, 1.54) is 37.4 Å². The van der Waals surface area contributed by atoms with Gasteiger partial charge in [0.05, 0.1) is 5.69 Å². The summed E-state index contributed by atoms with van der Waals surface area (Å²) in [5, 5.41) is 8.70. The smallest absolute Gasteiger partial charge is 0.371 e. The lowest BCUT2D eigenvalue weighted by atomic mass is 10.2. The van der Waals surface area contributed by atoms with Crippen LogP contribution < -0.4 is 4.90 Å². The van der Waals surface area contributed by atoms with Gasteiger partial charge >= 0.3 is 5.97 Å². The van der Waals surface area contributed by atoms with Gasteiger partial charge in [0.25, 0.3) is 5.91 Å². The second kappa shape index (κ2) is 4.93. The summed E-state index contributed by atoms with van der Waals surface area (Å²) < 4.78 is 18.4. The Morgan fingerprint density at radius 1 is 1.16 bits per heavy atom. The molecule has 2 rings (SSSR count). The summed E-state index contributed by atoms with van der Waals surface area (Å²) in [4.78, 5) is 23.7. The van der Waals surface area contributed by atoms with Crippen LogP contribution >= 0.6 is 0 Å². The Morgan fingerprint density at radius 2 is 1.79 bits per heavy atom. The zero-order chi connectivity index (χ0) is 14.0. The lowest BCUT2D eigenvalue weighted by Crippen LogP contribution is -2.26. The minimum absolute atomic E-state index is 0.0841. The first kappa shape index (κ1) is 12.8. The van der Waals surface area contributed by atoms with E-state index < -0.39 is 17.7 Å². The van der Waals surface area contributed by atoms with Crippen LogP contribution in [0.1, 0.15) is 21.1 Å². The molecule has 0 aliphatic carbocycles. The minimum atomic E-state index is -1.27. The summed E-state index contributed by atoms with van der Waals surface area (Å²) in [6.07, 6.45) is 0. The quantitative estimate of drug-likeness (QED) is 0.923. The highest BCUT2D eigenvalue weighted by Crippen LogP contribution is 2.20. The highest BCUT2D eigenvalue weighted by Gasteiger charge is 2.21. The minimum Gasteiger partial charge on any atom is -0.475 e. The Bertz CT molecular complexity index is 635.